The number of aromatic nitrogens is 2. The van der Waals surface area contributed by atoms with Crippen LogP contribution in [0.4, 0.5) is 20.6 Å². The van der Waals surface area contributed by atoms with Crippen molar-refractivity contribution < 1.29 is 14.1 Å². The van der Waals surface area contributed by atoms with E-state index in [2.05, 4.69) is 10.3 Å². The number of carbonyl (C=O) groups is 1. The fourth-order valence-electron chi connectivity index (χ4n) is 3.54. The number of hydrogen-bond acceptors (Lipinski definition) is 5. The molecule has 35 heavy (non-hydrogen) atoms. The molecule has 0 fully saturated rings. The molecule has 11 heteroatoms. The number of nitro groups is 1. The van der Waals surface area contributed by atoms with E-state index >= 15 is 0 Å². The number of nitro benzene ring substituents is 1. The molecule has 4 rings (SSSR count). The Labute approximate surface area is 203 Å². The molecule has 0 aliphatic rings. The van der Waals surface area contributed by atoms with E-state index in [9.17, 15) is 24.1 Å². The van der Waals surface area contributed by atoms with Gasteiger partial charge in [0.1, 0.15) is 11.6 Å². The second-order valence-corrected chi connectivity index (χ2v) is 8.15. The summed E-state index contributed by atoms with van der Waals surface area (Å²) in [5, 5.41) is 13.9. The Balaban J connectivity index is 1.73. The maximum atomic E-state index is 13.5. The van der Waals surface area contributed by atoms with E-state index in [1.54, 1.807) is 31.2 Å². The summed E-state index contributed by atoms with van der Waals surface area (Å²) in [7, 11) is 1.51. The molecule has 1 aromatic heterocycles. The van der Waals surface area contributed by atoms with Crippen molar-refractivity contribution in [2.24, 2.45) is 0 Å². The number of amides is 2. The lowest BCUT2D eigenvalue weighted by Crippen LogP contribution is -2.37. The van der Waals surface area contributed by atoms with Crippen molar-refractivity contribution in [3.63, 3.8) is 0 Å². The lowest BCUT2D eigenvalue weighted by atomic mass is 10.2. The molecule has 2 amide bonds. The fourth-order valence-corrected chi connectivity index (χ4v) is 3.76. The first kappa shape index (κ1) is 23.8. The number of non-ortho nitro benzene ring substituents is 1. The van der Waals surface area contributed by atoms with Gasteiger partial charge in [-0.15, -0.1) is 0 Å². The molecule has 0 saturated heterocycles. The summed E-state index contributed by atoms with van der Waals surface area (Å²) in [5.74, 6) is -0.200. The molecule has 9 nitrogen and oxygen atoms in total. The van der Waals surface area contributed by atoms with Crippen LogP contribution in [-0.4, -0.2) is 32.5 Å². The van der Waals surface area contributed by atoms with Gasteiger partial charge in [0, 0.05) is 19.2 Å². The van der Waals surface area contributed by atoms with E-state index in [1.807, 2.05) is 0 Å². The molecule has 0 aliphatic carbocycles. The van der Waals surface area contributed by atoms with Gasteiger partial charge in [0.15, 0.2) is 0 Å². The van der Waals surface area contributed by atoms with Gasteiger partial charge in [-0.1, -0.05) is 23.7 Å². The average molecular weight is 496 g/mol. The van der Waals surface area contributed by atoms with E-state index in [4.69, 9.17) is 11.6 Å². The Morgan fingerprint density at radius 2 is 1.86 bits per heavy atom. The van der Waals surface area contributed by atoms with Gasteiger partial charge in [-0.2, -0.15) is 0 Å². The maximum Gasteiger partial charge on any atom is 0.322 e. The number of hydrogen-bond donors (Lipinski definition) is 1. The summed E-state index contributed by atoms with van der Waals surface area (Å²) >= 11 is 6.10. The third-order valence-corrected chi connectivity index (χ3v) is 5.88. The molecule has 1 atom stereocenters. The Kier molecular flexibility index (Phi) is 6.48. The van der Waals surface area contributed by atoms with Crippen LogP contribution < -0.4 is 10.9 Å². The molecule has 0 bridgehead atoms. The number of fused-ring (bicyclic) bond motifs is 1. The van der Waals surface area contributed by atoms with Gasteiger partial charge < -0.3 is 10.2 Å². The van der Waals surface area contributed by atoms with Crippen molar-refractivity contribution in [3.05, 3.63) is 104 Å². The monoisotopic (exact) mass is 495 g/mol. The first-order valence-electron chi connectivity index (χ1n) is 10.4. The van der Waals surface area contributed by atoms with Gasteiger partial charge in [-0.3, -0.25) is 19.5 Å². The normalized spacial score (nSPS) is 11.8. The zero-order chi connectivity index (χ0) is 25.3. The van der Waals surface area contributed by atoms with E-state index in [1.165, 1.54) is 52.9 Å². The molecule has 3 aromatic carbocycles. The van der Waals surface area contributed by atoms with Crippen LogP contribution in [0.3, 0.4) is 0 Å². The SMILES string of the molecule is CC(c1nc2ccccc2c(=O)n1-c1ccc(F)cc1)N(C)C(=O)Nc1ccc([N+](=O)[O-])cc1Cl. The summed E-state index contributed by atoms with van der Waals surface area (Å²) in [6, 6.07) is 14.6. The molecule has 4 aromatic rings. The molecule has 1 N–H and O–H groups in total. The van der Waals surface area contributed by atoms with Crippen molar-refractivity contribution in [2.45, 2.75) is 13.0 Å². The molecule has 1 heterocycles. The quantitative estimate of drug-likeness (QED) is 0.298. The fraction of sp³-hybridized carbons (Fsp3) is 0.125. The average Bonchev–Trinajstić information content (AvgIpc) is 2.85. The van der Waals surface area contributed by atoms with E-state index < -0.39 is 22.8 Å². The van der Waals surface area contributed by atoms with Crippen LogP contribution in [0.1, 0.15) is 18.8 Å². The molecular formula is C24H19ClFN5O4. The van der Waals surface area contributed by atoms with Gasteiger partial charge in [0.2, 0.25) is 0 Å². The number of halogens is 2. The molecule has 0 radical (unpaired) electrons. The number of benzene rings is 3. The molecule has 0 saturated carbocycles. The first-order valence-corrected chi connectivity index (χ1v) is 10.8. The largest absolute Gasteiger partial charge is 0.322 e. The van der Waals surface area contributed by atoms with Gasteiger partial charge in [-0.05, 0) is 49.4 Å². The number of para-hydroxylation sites is 1. The molecule has 1 unspecified atom stereocenters. The topological polar surface area (TPSA) is 110 Å². The van der Waals surface area contributed by atoms with Gasteiger partial charge in [0.05, 0.1) is 38.3 Å². The second kappa shape index (κ2) is 9.51. The maximum absolute atomic E-state index is 13.5. The van der Waals surface area contributed by atoms with Crippen molar-refractivity contribution in [1.82, 2.24) is 14.5 Å². The predicted octanol–water partition coefficient (Wildman–Crippen LogP) is 5.31. The Bertz CT molecular complexity index is 1510. The number of anilines is 1. The van der Waals surface area contributed by atoms with Crippen LogP contribution in [0, 0.1) is 15.9 Å². The van der Waals surface area contributed by atoms with Crippen LogP contribution >= 0.6 is 11.6 Å². The van der Waals surface area contributed by atoms with Crippen LogP contribution in [0.25, 0.3) is 16.6 Å². The summed E-state index contributed by atoms with van der Waals surface area (Å²) < 4.78 is 14.9. The lowest BCUT2D eigenvalue weighted by Gasteiger charge is -2.27. The summed E-state index contributed by atoms with van der Waals surface area (Å²) in [4.78, 5) is 42.7. The van der Waals surface area contributed by atoms with Gasteiger partial charge in [0.25, 0.3) is 11.2 Å². The molecule has 0 aliphatic heterocycles. The van der Waals surface area contributed by atoms with Crippen LogP contribution in [0.15, 0.2) is 71.5 Å². The van der Waals surface area contributed by atoms with Gasteiger partial charge >= 0.3 is 6.03 Å². The summed E-state index contributed by atoms with van der Waals surface area (Å²) in [6.45, 7) is 1.69. The number of nitrogens with one attached hydrogen (secondary N) is 1. The Hall–Kier alpha value is -4.31. The number of nitrogens with zero attached hydrogens (tertiary/aromatic N) is 4. The molecule has 178 valence electrons. The van der Waals surface area contributed by atoms with Crippen molar-refractivity contribution in [1.29, 1.82) is 0 Å². The van der Waals surface area contributed by atoms with Crippen LogP contribution in [0.2, 0.25) is 5.02 Å². The van der Waals surface area contributed by atoms with Crippen LogP contribution in [0.5, 0.6) is 0 Å². The zero-order valence-corrected chi connectivity index (χ0v) is 19.4. The van der Waals surface area contributed by atoms with Crippen LogP contribution in [-0.2, 0) is 0 Å². The standard InChI is InChI=1S/C24H19ClFN5O4/c1-14(29(2)24(33)28-21-12-11-17(31(34)35)13-19(21)25)22-27-20-6-4-3-5-18(20)23(32)30(22)16-9-7-15(26)8-10-16/h3-14H,1-2H3,(H,28,33). The lowest BCUT2D eigenvalue weighted by molar-refractivity contribution is -0.384. The third-order valence-electron chi connectivity index (χ3n) is 5.57. The zero-order valence-electron chi connectivity index (χ0n) is 18.6. The van der Waals surface area contributed by atoms with E-state index in [0.29, 0.717) is 16.6 Å². The van der Waals surface area contributed by atoms with Gasteiger partial charge in [-0.25, -0.2) is 14.2 Å². The Morgan fingerprint density at radius 3 is 2.51 bits per heavy atom. The minimum Gasteiger partial charge on any atom is -0.318 e. The molecule has 0 spiro atoms. The van der Waals surface area contributed by atoms with E-state index in [-0.39, 0.29) is 27.8 Å². The molecular weight excluding hydrogens is 477 g/mol. The minimum absolute atomic E-state index is 0.000605. The number of rotatable bonds is 5. The highest BCUT2D eigenvalue weighted by Gasteiger charge is 2.25. The predicted molar refractivity (Wildman–Crippen MR) is 131 cm³/mol. The van der Waals surface area contributed by atoms with E-state index in [0.717, 1.165) is 6.07 Å². The highest BCUT2D eigenvalue weighted by atomic mass is 35.5. The second-order valence-electron chi connectivity index (χ2n) is 7.74. The highest BCUT2D eigenvalue weighted by molar-refractivity contribution is 6.33. The number of urea groups is 1. The first-order chi connectivity index (χ1) is 16.7. The third kappa shape index (κ3) is 4.69. The Morgan fingerprint density at radius 1 is 1.17 bits per heavy atom. The van der Waals surface area contributed by atoms with Crippen molar-refractivity contribution in [3.8, 4) is 5.69 Å². The van der Waals surface area contributed by atoms with Crippen molar-refractivity contribution in [2.75, 3.05) is 12.4 Å². The summed E-state index contributed by atoms with van der Waals surface area (Å²) in [6.07, 6.45) is 0. The summed E-state index contributed by atoms with van der Waals surface area (Å²) in [5.41, 5.74) is 0.451. The van der Waals surface area contributed by atoms with Crippen molar-refractivity contribution >= 4 is 39.9 Å². The minimum atomic E-state index is -0.714. The highest BCUT2D eigenvalue weighted by Crippen LogP contribution is 2.28. The smallest absolute Gasteiger partial charge is 0.318 e. The number of carbonyl (C=O) groups excluding carboxylic acids is 1.